The van der Waals surface area contributed by atoms with Crippen molar-refractivity contribution in [1.29, 1.82) is 0 Å². The van der Waals surface area contributed by atoms with E-state index in [1.54, 1.807) is 12.1 Å². The molecule has 1 unspecified atom stereocenters. The summed E-state index contributed by atoms with van der Waals surface area (Å²) in [4.78, 5) is 26.5. The number of hydrogen-bond donors (Lipinski definition) is 1. The molecule has 12 heteroatoms. The predicted octanol–water partition coefficient (Wildman–Crippen LogP) is 3.20. The summed E-state index contributed by atoms with van der Waals surface area (Å²) in [5, 5.41) is 3.05. The van der Waals surface area contributed by atoms with Gasteiger partial charge in [0.2, 0.25) is 21.8 Å². The Bertz CT molecular complexity index is 1130. The Labute approximate surface area is 194 Å². The number of benzene rings is 2. The number of carbonyl (C=O) groups excluding carboxylic acids is 2. The van der Waals surface area contributed by atoms with Crippen LogP contribution in [0.25, 0.3) is 0 Å². The summed E-state index contributed by atoms with van der Waals surface area (Å²) in [6.07, 6.45) is 0.824. The molecule has 0 aromatic heterocycles. The minimum Gasteiger partial charge on any atom is -0.357 e. The van der Waals surface area contributed by atoms with E-state index in [9.17, 15) is 26.8 Å². The van der Waals surface area contributed by atoms with Gasteiger partial charge in [0.1, 0.15) is 12.6 Å². The van der Waals surface area contributed by atoms with Gasteiger partial charge in [-0.15, -0.1) is 0 Å². The van der Waals surface area contributed by atoms with E-state index in [0.717, 1.165) is 23.3 Å². The number of sulfonamides is 1. The van der Waals surface area contributed by atoms with Gasteiger partial charge in [-0.2, -0.15) is 0 Å². The highest BCUT2D eigenvalue weighted by Gasteiger charge is 2.30. The van der Waals surface area contributed by atoms with E-state index in [0.29, 0.717) is 21.0 Å². The fraction of sp³-hybridized carbons (Fsp3) is 0.300. The second-order valence-corrected chi connectivity index (χ2v) is 9.67. The first-order valence-electron chi connectivity index (χ1n) is 9.23. The average Bonchev–Trinajstić information content (AvgIpc) is 2.71. The van der Waals surface area contributed by atoms with Crippen LogP contribution in [-0.2, 0) is 26.2 Å². The topological polar surface area (TPSA) is 86.8 Å². The average molecular weight is 508 g/mol. The summed E-state index contributed by atoms with van der Waals surface area (Å²) >= 11 is 12.1. The number of anilines is 1. The molecule has 2 aromatic rings. The van der Waals surface area contributed by atoms with Crippen LogP contribution in [0.15, 0.2) is 36.4 Å². The molecule has 0 aliphatic carbocycles. The molecule has 0 fully saturated rings. The summed E-state index contributed by atoms with van der Waals surface area (Å²) in [5.41, 5.74) is 0.232. The highest BCUT2D eigenvalue weighted by molar-refractivity contribution is 7.92. The number of carbonyl (C=O) groups is 2. The van der Waals surface area contributed by atoms with Gasteiger partial charge in [-0.3, -0.25) is 13.9 Å². The quantitative estimate of drug-likeness (QED) is 0.594. The van der Waals surface area contributed by atoms with Crippen LogP contribution in [0.1, 0.15) is 12.5 Å². The number of nitrogens with one attached hydrogen (secondary N) is 1. The number of rotatable bonds is 8. The van der Waals surface area contributed by atoms with Crippen molar-refractivity contribution in [2.24, 2.45) is 0 Å². The summed E-state index contributed by atoms with van der Waals surface area (Å²) < 4.78 is 52.3. The van der Waals surface area contributed by atoms with Crippen molar-refractivity contribution in [3.63, 3.8) is 0 Å². The van der Waals surface area contributed by atoms with Gasteiger partial charge in [-0.1, -0.05) is 29.3 Å². The molecule has 0 aliphatic rings. The number of nitrogens with zero attached hydrogens (tertiary/aromatic N) is 2. The second kappa shape index (κ2) is 10.5. The van der Waals surface area contributed by atoms with Gasteiger partial charge in [0.25, 0.3) is 0 Å². The Morgan fingerprint density at radius 1 is 1.09 bits per heavy atom. The van der Waals surface area contributed by atoms with Crippen LogP contribution in [0, 0.1) is 11.6 Å². The lowest BCUT2D eigenvalue weighted by molar-refractivity contribution is -0.139. The van der Waals surface area contributed by atoms with Crippen LogP contribution in [0.2, 0.25) is 10.0 Å². The molecule has 0 heterocycles. The third kappa shape index (κ3) is 6.30. The molecule has 1 atom stereocenters. The van der Waals surface area contributed by atoms with Gasteiger partial charge in [0.15, 0.2) is 11.6 Å². The SMILES string of the molecule is CNC(=O)C(C)N(Cc1ccc(Cl)cc1Cl)C(=O)CN(c1ccc(F)c(F)c1)S(C)(=O)=O. The first kappa shape index (κ1) is 25.8. The van der Waals surface area contributed by atoms with E-state index in [2.05, 4.69) is 5.32 Å². The Kier molecular flexibility index (Phi) is 8.44. The second-order valence-electron chi connectivity index (χ2n) is 6.92. The van der Waals surface area contributed by atoms with Crippen LogP contribution in [-0.4, -0.2) is 51.0 Å². The van der Waals surface area contributed by atoms with Gasteiger partial charge in [-0.05, 0) is 36.8 Å². The first-order chi connectivity index (χ1) is 14.8. The number of halogens is 4. The van der Waals surface area contributed by atoms with E-state index in [-0.39, 0.29) is 17.3 Å². The summed E-state index contributed by atoms with van der Waals surface area (Å²) in [6.45, 7) is 0.582. The van der Waals surface area contributed by atoms with E-state index >= 15 is 0 Å². The zero-order valence-electron chi connectivity index (χ0n) is 17.4. The van der Waals surface area contributed by atoms with E-state index in [4.69, 9.17) is 23.2 Å². The molecule has 2 rings (SSSR count). The normalized spacial score (nSPS) is 12.2. The van der Waals surface area contributed by atoms with Crippen LogP contribution in [0.5, 0.6) is 0 Å². The molecule has 0 aliphatic heterocycles. The minimum absolute atomic E-state index is 0.126. The first-order valence-corrected chi connectivity index (χ1v) is 11.8. The molecule has 0 saturated carbocycles. The van der Waals surface area contributed by atoms with Crippen molar-refractivity contribution in [3.05, 3.63) is 63.6 Å². The zero-order valence-corrected chi connectivity index (χ0v) is 19.7. The van der Waals surface area contributed by atoms with Gasteiger partial charge >= 0.3 is 0 Å². The van der Waals surface area contributed by atoms with Crippen molar-refractivity contribution in [1.82, 2.24) is 10.2 Å². The predicted molar refractivity (Wildman–Crippen MR) is 119 cm³/mol. The molecule has 2 amide bonds. The molecule has 0 saturated heterocycles. The summed E-state index contributed by atoms with van der Waals surface area (Å²) in [7, 11) is -2.67. The fourth-order valence-corrected chi connectivity index (χ4v) is 4.19. The number of amides is 2. The molecular weight excluding hydrogens is 487 g/mol. The molecule has 2 aromatic carbocycles. The minimum atomic E-state index is -4.06. The maximum absolute atomic E-state index is 13.7. The smallest absolute Gasteiger partial charge is 0.244 e. The molecule has 0 spiro atoms. The Morgan fingerprint density at radius 2 is 1.75 bits per heavy atom. The zero-order chi connectivity index (χ0) is 24.2. The van der Waals surface area contributed by atoms with Crippen molar-refractivity contribution in [2.45, 2.75) is 19.5 Å². The molecular formula is C20H21Cl2F2N3O4S. The van der Waals surface area contributed by atoms with Gasteiger partial charge in [0.05, 0.1) is 11.9 Å². The van der Waals surface area contributed by atoms with E-state index in [1.165, 1.54) is 20.0 Å². The largest absolute Gasteiger partial charge is 0.357 e. The standard InChI is InChI=1S/C20H21Cl2F2N3O4S/c1-12(20(29)25-2)26(10-13-4-5-14(21)8-16(13)22)19(28)11-27(32(3,30)31)15-6-7-17(23)18(24)9-15/h4-9,12H,10-11H2,1-3H3,(H,25,29). The number of likely N-dealkylation sites (N-methyl/N-ethyl adjacent to an activating group) is 1. The maximum Gasteiger partial charge on any atom is 0.244 e. The van der Waals surface area contributed by atoms with E-state index < -0.39 is 46.1 Å². The summed E-state index contributed by atoms with van der Waals surface area (Å²) in [6, 6.07) is 6.07. The van der Waals surface area contributed by atoms with Crippen molar-refractivity contribution < 1.29 is 26.8 Å². The maximum atomic E-state index is 13.7. The van der Waals surface area contributed by atoms with Crippen LogP contribution >= 0.6 is 23.2 Å². The lowest BCUT2D eigenvalue weighted by Gasteiger charge is -2.31. The Hall–Kier alpha value is -2.43. The molecule has 7 nitrogen and oxygen atoms in total. The molecule has 0 radical (unpaired) electrons. The lowest BCUT2D eigenvalue weighted by Crippen LogP contribution is -2.50. The van der Waals surface area contributed by atoms with Gasteiger partial charge < -0.3 is 10.2 Å². The highest BCUT2D eigenvalue weighted by atomic mass is 35.5. The highest BCUT2D eigenvalue weighted by Crippen LogP contribution is 2.25. The van der Waals surface area contributed by atoms with Crippen LogP contribution < -0.4 is 9.62 Å². The van der Waals surface area contributed by atoms with Gasteiger partial charge in [0, 0.05) is 29.7 Å². The van der Waals surface area contributed by atoms with Crippen LogP contribution in [0.3, 0.4) is 0 Å². The monoisotopic (exact) mass is 507 g/mol. The lowest BCUT2D eigenvalue weighted by atomic mass is 10.1. The van der Waals surface area contributed by atoms with Crippen molar-refractivity contribution >= 4 is 50.7 Å². The van der Waals surface area contributed by atoms with E-state index in [1.807, 2.05) is 0 Å². The third-order valence-corrected chi connectivity index (χ3v) is 6.37. The molecule has 32 heavy (non-hydrogen) atoms. The Morgan fingerprint density at radius 3 is 2.28 bits per heavy atom. The number of hydrogen-bond acceptors (Lipinski definition) is 4. The van der Waals surface area contributed by atoms with Crippen molar-refractivity contribution in [2.75, 3.05) is 24.2 Å². The summed E-state index contributed by atoms with van der Waals surface area (Å²) in [5.74, 6) is -3.70. The molecule has 0 bridgehead atoms. The van der Waals surface area contributed by atoms with Crippen molar-refractivity contribution in [3.8, 4) is 0 Å². The van der Waals surface area contributed by atoms with Gasteiger partial charge in [-0.25, -0.2) is 17.2 Å². The molecule has 1 N–H and O–H groups in total. The Balaban J connectivity index is 2.43. The fourth-order valence-electron chi connectivity index (χ4n) is 2.88. The third-order valence-electron chi connectivity index (χ3n) is 4.64. The molecule has 174 valence electrons. The van der Waals surface area contributed by atoms with Crippen LogP contribution in [0.4, 0.5) is 14.5 Å².